The third kappa shape index (κ3) is 30.3. The fourth-order valence-electron chi connectivity index (χ4n) is 8.55. The highest BCUT2D eigenvalue weighted by Crippen LogP contribution is 2.18. The van der Waals surface area contributed by atoms with E-state index in [4.69, 9.17) is 40.3 Å². The summed E-state index contributed by atoms with van der Waals surface area (Å²) < 4.78 is 0.854. The van der Waals surface area contributed by atoms with E-state index in [1.807, 2.05) is 53.4 Å². The van der Waals surface area contributed by atoms with Crippen LogP contribution in [-0.2, 0) is 57.9 Å². The molecule has 1 unspecified atom stereocenters. The Labute approximate surface area is 495 Å². The number of nitrogens with zero attached hydrogens (tertiary/aromatic N) is 3. The SMILES string of the molecule is NC(=O)CNCCN(CCN(CC(N)=O)C(CNCC(N)=O)Cc1ccc(NC(=S)CCCCCC(=O)NCc2ccc(C(=O)N(CCCC[C@@H](NC(=O)N[C@H](CCC(=O)O)C(=O)O)C(=O)O)Cc3ccc(Br)cc3)cc2)cc1)CC(N)=O. The fourth-order valence-corrected chi connectivity index (χ4v) is 9.08. The number of nitrogens with one attached hydrogen (secondary N) is 6. The molecule has 0 saturated carbocycles. The van der Waals surface area contributed by atoms with Crippen molar-refractivity contribution < 1.29 is 63.3 Å². The van der Waals surface area contributed by atoms with Crippen LogP contribution in [-0.4, -0.2) is 178 Å². The molecule has 83 heavy (non-hydrogen) atoms. The maximum absolute atomic E-state index is 13.9. The first kappa shape index (κ1) is 69.6. The molecule has 0 aromatic heterocycles. The van der Waals surface area contributed by atoms with Gasteiger partial charge in [-0.25, -0.2) is 14.4 Å². The molecule has 8 amide bonds. The van der Waals surface area contributed by atoms with Crippen LogP contribution in [0.1, 0.15) is 91.3 Å². The minimum atomic E-state index is -1.54. The van der Waals surface area contributed by atoms with Crippen LogP contribution < -0.4 is 54.8 Å². The maximum Gasteiger partial charge on any atom is 0.326 e. The van der Waals surface area contributed by atoms with Gasteiger partial charge in [-0.05, 0) is 104 Å². The average molecular weight is 1240 g/mol. The third-order valence-electron chi connectivity index (χ3n) is 12.8. The van der Waals surface area contributed by atoms with Gasteiger partial charge in [-0.15, -0.1) is 0 Å². The lowest BCUT2D eigenvalue weighted by molar-refractivity contribution is -0.141. The van der Waals surface area contributed by atoms with Crippen LogP contribution in [0.3, 0.4) is 0 Å². The first-order valence-corrected chi connectivity index (χ1v) is 28.2. The van der Waals surface area contributed by atoms with Crippen LogP contribution >= 0.6 is 28.1 Å². The van der Waals surface area contributed by atoms with E-state index >= 15 is 0 Å². The molecule has 3 aromatic carbocycles. The molecule has 0 saturated heterocycles. The summed E-state index contributed by atoms with van der Waals surface area (Å²) in [5.41, 5.74) is 25.5. The second-order valence-electron chi connectivity index (χ2n) is 19.7. The van der Waals surface area contributed by atoms with Gasteiger partial charge in [-0.3, -0.25) is 43.4 Å². The Balaban J connectivity index is 1.48. The van der Waals surface area contributed by atoms with Crippen molar-refractivity contribution in [2.24, 2.45) is 22.9 Å². The smallest absolute Gasteiger partial charge is 0.326 e. The minimum Gasteiger partial charge on any atom is -0.481 e. The summed E-state index contributed by atoms with van der Waals surface area (Å²) in [5.74, 6) is -6.68. The number of primary amides is 4. The van der Waals surface area contributed by atoms with Crippen molar-refractivity contribution in [2.45, 2.75) is 102 Å². The quantitative estimate of drug-likeness (QED) is 0.0277. The van der Waals surface area contributed by atoms with Crippen molar-refractivity contribution in [3.63, 3.8) is 0 Å². The zero-order valence-electron chi connectivity index (χ0n) is 46.3. The molecule has 0 radical (unpaired) electrons. The van der Waals surface area contributed by atoms with Crippen LogP contribution in [0.25, 0.3) is 0 Å². The van der Waals surface area contributed by atoms with E-state index in [1.54, 1.807) is 34.1 Å². The van der Waals surface area contributed by atoms with Gasteiger partial charge in [0, 0.05) is 87.0 Å². The predicted octanol–water partition coefficient (Wildman–Crippen LogP) is 0.974. The summed E-state index contributed by atoms with van der Waals surface area (Å²) in [6.45, 7) is 2.11. The Morgan fingerprint density at radius 2 is 1.18 bits per heavy atom. The summed E-state index contributed by atoms with van der Waals surface area (Å²) in [6, 6.07) is 17.6. The van der Waals surface area contributed by atoms with Crippen molar-refractivity contribution >= 4 is 98.2 Å². The van der Waals surface area contributed by atoms with Gasteiger partial charge in [0.2, 0.25) is 29.5 Å². The lowest BCUT2D eigenvalue weighted by atomic mass is 10.0. The van der Waals surface area contributed by atoms with Crippen LogP contribution in [0.15, 0.2) is 77.3 Å². The molecular formula is C55H78BrN13O13S. The standard InChI is InChI=1S/C55H78BrN13O13S/c56-40-17-11-38(12-18-40)33-69(24-5-4-6-43(53(78)79)65-55(82)66-44(54(80)81)21-22-51(75)76)52(77)39-15-9-37(10-16-39)29-63-49(74)7-2-1-3-8-50(83)64-41-19-13-36(14-20-41)28-42(30-62-32-46(58)71)68(35-48(60)73)27-26-67(34-47(59)72)25-23-61-31-45(57)70/h9-20,42-44,61-62H,1-8,21-35H2,(H2,57,70)(H2,58,71)(H2,59,72)(H2,60,73)(H,63,74)(H,64,83)(H,75,76)(H,78,79)(H,80,81)(H2,65,66,82)/t42?,43-,44-/m1/s1. The molecule has 0 fully saturated rings. The number of unbranched alkanes of at least 4 members (excludes halogenated alkanes) is 3. The van der Waals surface area contributed by atoms with E-state index < -0.39 is 72.5 Å². The third-order valence-corrected chi connectivity index (χ3v) is 13.7. The van der Waals surface area contributed by atoms with Crippen molar-refractivity contribution in [1.29, 1.82) is 0 Å². The van der Waals surface area contributed by atoms with Crippen LogP contribution in [0.5, 0.6) is 0 Å². The number of benzene rings is 3. The molecule has 0 heterocycles. The number of anilines is 1. The van der Waals surface area contributed by atoms with Crippen LogP contribution in [0.4, 0.5) is 10.5 Å². The second kappa shape index (κ2) is 38.2. The number of urea groups is 1. The Morgan fingerprint density at radius 3 is 1.78 bits per heavy atom. The highest BCUT2D eigenvalue weighted by Gasteiger charge is 2.26. The molecule has 0 bridgehead atoms. The van der Waals surface area contributed by atoms with Crippen molar-refractivity contribution in [2.75, 3.05) is 70.8 Å². The molecule has 454 valence electrons. The van der Waals surface area contributed by atoms with E-state index in [2.05, 4.69) is 47.8 Å². The molecular weight excluding hydrogens is 1160 g/mol. The Hall–Kier alpha value is -7.63. The van der Waals surface area contributed by atoms with Gasteiger partial charge in [-0.1, -0.05) is 71.0 Å². The Morgan fingerprint density at radius 1 is 0.590 bits per heavy atom. The van der Waals surface area contributed by atoms with Gasteiger partial charge in [0.25, 0.3) is 5.91 Å². The number of hydrogen-bond donors (Lipinski definition) is 13. The molecule has 28 heteroatoms. The zero-order chi connectivity index (χ0) is 61.3. The number of carbonyl (C=O) groups is 10. The number of nitrogens with two attached hydrogens (primary N) is 4. The monoisotopic (exact) mass is 1240 g/mol. The van der Waals surface area contributed by atoms with Gasteiger partial charge in [0.15, 0.2) is 0 Å². The van der Waals surface area contributed by atoms with Crippen LogP contribution in [0.2, 0.25) is 0 Å². The molecule has 0 aliphatic carbocycles. The van der Waals surface area contributed by atoms with Gasteiger partial charge in [0.05, 0.1) is 31.2 Å². The minimum absolute atomic E-state index is 0.0303. The number of amides is 8. The molecule has 3 atom stereocenters. The summed E-state index contributed by atoms with van der Waals surface area (Å²) in [6.07, 6.45) is 3.16. The van der Waals surface area contributed by atoms with Crippen LogP contribution in [0, 0.1) is 0 Å². The first-order valence-electron chi connectivity index (χ1n) is 27.0. The largest absolute Gasteiger partial charge is 0.481 e. The zero-order valence-corrected chi connectivity index (χ0v) is 48.7. The van der Waals surface area contributed by atoms with E-state index in [-0.39, 0.29) is 83.1 Å². The Kier molecular flexibility index (Phi) is 32.1. The molecule has 17 N–H and O–H groups in total. The van der Waals surface area contributed by atoms with Gasteiger partial charge < -0.3 is 75.1 Å². The molecule has 0 aliphatic heterocycles. The highest BCUT2D eigenvalue weighted by molar-refractivity contribution is 9.10. The summed E-state index contributed by atoms with van der Waals surface area (Å²) in [7, 11) is 0. The summed E-state index contributed by atoms with van der Waals surface area (Å²) in [5, 5.41) is 44.5. The van der Waals surface area contributed by atoms with E-state index in [0.29, 0.717) is 68.8 Å². The average Bonchev–Trinajstić information content (AvgIpc) is 3.44. The molecule has 26 nitrogen and oxygen atoms in total. The second-order valence-corrected chi connectivity index (χ2v) is 21.1. The number of thiocarbonyl (C=S) groups is 1. The molecule has 3 rings (SSSR count). The van der Waals surface area contributed by atoms with Gasteiger partial charge in [-0.2, -0.15) is 0 Å². The number of rotatable bonds is 43. The molecule has 3 aromatic rings. The predicted molar refractivity (Wildman–Crippen MR) is 316 cm³/mol. The van der Waals surface area contributed by atoms with Crippen molar-refractivity contribution in [3.8, 4) is 0 Å². The fraction of sp³-hybridized carbons (Fsp3) is 0.473. The first-order chi connectivity index (χ1) is 39.5. The van der Waals surface area contributed by atoms with E-state index in [0.717, 1.165) is 39.7 Å². The molecule has 0 spiro atoms. The number of halogens is 1. The lowest BCUT2D eigenvalue weighted by Gasteiger charge is -2.33. The Bertz CT molecular complexity index is 2640. The van der Waals surface area contributed by atoms with Crippen molar-refractivity contribution in [1.82, 2.24) is 41.3 Å². The number of carboxylic acids is 3. The maximum atomic E-state index is 13.9. The number of carbonyl (C=O) groups excluding carboxylic acids is 7. The highest BCUT2D eigenvalue weighted by atomic mass is 79.9. The number of carboxylic acid groups (broad SMARTS) is 3. The number of aliphatic carboxylic acids is 3. The molecule has 0 aliphatic rings. The normalized spacial score (nSPS) is 12.1. The summed E-state index contributed by atoms with van der Waals surface area (Å²) >= 11 is 9.04. The lowest BCUT2D eigenvalue weighted by Crippen LogP contribution is -2.51. The van der Waals surface area contributed by atoms with E-state index in [1.165, 1.54) is 0 Å². The topological polar surface area (TPSA) is 417 Å². The number of hydrogen-bond acceptors (Lipinski definition) is 15. The van der Waals surface area contributed by atoms with Gasteiger partial charge in [0.1, 0.15) is 12.1 Å². The van der Waals surface area contributed by atoms with E-state index in [9.17, 15) is 58.2 Å². The van der Waals surface area contributed by atoms with Gasteiger partial charge >= 0.3 is 23.9 Å². The summed E-state index contributed by atoms with van der Waals surface area (Å²) in [4.78, 5) is 126. The van der Waals surface area contributed by atoms with Crippen molar-refractivity contribution in [3.05, 3.63) is 99.5 Å².